The van der Waals surface area contributed by atoms with Gasteiger partial charge in [-0.1, -0.05) is 72.2 Å². The van der Waals surface area contributed by atoms with Crippen molar-refractivity contribution in [3.05, 3.63) is 64.1 Å². The van der Waals surface area contributed by atoms with Crippen LogP contribution in [-0.2, 0) is 11.3 Å². The van der Waals surface area contributed by atoms with Crippen LogP contribution in [0.2, 0.25) is 10.0 Å². The van der Waals surface area contributed by atoms with Gasteiger partial charge in [0.05, 0.1) is 17.3 Å². The minimum atomic E-state index is -0.239. The Labute approximate surface area is 191 Å². The van der Waals surface area contributed by atoms with Gasteiger partial charge >= 0.3 is 0 Å². The summed E-state index contributed by atoms with van der Waals surface area (Å²) in [4.78, 5) is 12.4. The van der Waals surface area contributed by atoms with Crippen molar-refractivity contribution >= 4 is 40.9 Å². The Morgan fingerprint density at radius 2 is 1.87 bits per heavy atom. The lowest BCUT2D eigenvalue weighted by atomic mass is 10.0. The fourth-order valence-corrected chi connectivity index (χ4v) is 4.04. The minimum absolute atomic E-state index is 0.0350. The number of halogens is 2. The van der Waals surface area contributed by atoms with E-state index < -0.39 is 0 Å². The van der Waals surface area contributed by atoms with E-state index in [0.29, 0.717) is 27.6 Å². The molecule has 0 aliphatic heterocycles. The normalized spacial score (nSPS) is 11.5. The highest BCUT2D eigenvalue weighted by atomic mass is 35.5. The molecule has 0 fully saturated rings. The van der Waals surface area contributed by atoms with Gasteiger partial charge in [0, 0.05) is 16.1 Å². The van der Waals surface area contributed by atoms with E-state index in [2.05, 4.69) is 15.5 Å². The lowest BCUT2D eigenvalue weighted by Gasteiger charge is -2.24. The second kappa shape index (κ2) is 9.86. The molecule has 3 aromatic rings. The molecule has 8 heteroatoms. The molecule has 2 aromatic carbocycles. The zero-order valence-electron chi connectivity index (χ0n) is 17.2. The minimum Gasteiger partial charge on any atom is -0.351 e. The van der Waals surface area contributed by atoms with Crippen LogP contribution in [0, 0.1) is 0 Å². The Morgan fingerprint density at radius 1 is 1.13 bits per heavy atom. The molecule has 0 atom stereocenters. The van der Waals surface area contributed by atoms with Crippen LogP contribution in [0.1, 0.15) is 32.8 Å². The highest BCUT2D eigenvalue weighted by Gasteiger charge is 2.21. The first-order chi connectivity index (χ1) is 14.3. The molecule has 1 amide bonds. The molecule has 1 heterocycles. The summed E-state index contributed by atoms with van der Waals surface area (Å²) in [5.74, 6) is 0.856. The molecule has 0 radical (unpaired) electrons. The highest BCUT2D eigenvalue weighted by Crippen LogP contribution is 2.32. The number of carbonyl (C=O) groups excluding carboxylic acids is 1. The van der Waals surface area contributed by atoms with Crippen molar-refractivity contribution in [2.24, 2.45) is 0 Å². The maximum atomic E-state index is 12.4. The summed E-state index contributed by atoms with van der Waals surface area (Å²) in [5.41, 5.74) is 1.60. The van der Waals surface area contributed by atoms with Gasteiger partial charge in [-0.2, -0.15) is 0 Å². The van der Waals surface area contributed by atoms with Gasteiger partial charge < -0.3 is 5.32 Å². The number of nitrogens with zero attached hydrogens (tertiary/aromatic N) is 3. The standard InChI is InChI=1S/C22H24Cl2N4OS/c1-4-22(2,3)25-19(29)14-30-21-27-26-20(17-11-10-16(23)12-18(17)24)28(21)13-15-8-6-5-7-9-15/h5-12H,4,13-14H2,1-3H3,(H,25,29). The summed E-state index contributed by atoms with van der Waals surface area (Å²) in [5, 5.41) is 13.5. The van der Waals surface area contributed by atoms with Gasteiger partial charge in [-0.3, -0.25) is 9.36 Å². The van der Waals surface area contributed by atoms with Crippen LogP contribution in [0.25, 0.3) is 11.4 Å². The molecule has 5 nitrogen and oxygen atoms in total. The molecule has 0 aliphatic rings. The molecule has 0 aliphatic carbocycles. The third kappa shape index (κ3) is 5.78. The third-order valence-electron chi connectivity index (χ3n) is 4.77. The van der Waals surface area contributed by atoms with Crippen LogP contribution in [0.3, 0.4) is 0 Å². The molecule has 0 saturated carbocycles. The number of aromatic nitrogens is 3. The molecule has 3 rings (SSSR count). The summed E-state index contributed by atoms with van der Waals surface area (Å²) in [6.45, 7) is 6.63. The fraction of sp³-hybridized carbons (Fsp3) is 0.318. The maximum Gasteiger partial charge on any atom is 0.230 e. The van der Waals surface area contributed by atoms with Crippen LogP contribution in [0.5, 0.6) is 0 Å². The lowest BCUT2D eigenvalue weighted by Crippen LogP contribution is -2.43. The van der Waals surface area contributed by atoms with Gasteiger partial charge in [-0.25, -0.2) is 0 Å². The second-order valence-corrected chi connectivity index (χ2v) is 9.36. The molecule has 0 unspecified atom stereocenters. The van der Waals surface area contributed by atoms with Crippen molar-refractivity contribution in [3.8, 4) is 11.4 Å². The number of rotatable bonds is 8. The number of nitrogens with one attached hydrogen (secondary N) is 1. The Morgan fingerprint density at radius 3 is 2.53 bits per heavy atom. The molecule has 158 valence electrons. The smallest absolute Gasteiger partial charge is 0.230 e. The van der Waals surface area contributed by atoms with Crippen LogP contribution in [0.15, 0.2) is 53.7 Å². The number of hydrogen-bond acceptors (Lipinski definition) is 4. The predicted octanol–water partition coefficient (Wildman–Crippen LogP) is 5.70. The summed E-state index contributed by atoms with van der Waals surface area (Å²) in [6, 6.07) is 15.3. The van der Waals surface area contributed by atoms with Crippen LogP contribution in [0.4, 0.5) is 0 Å². The number of carbonyl (C=O) groups is 1. The van der Waals surface area contributed by atoms with E-state index in [0.717, 1.165) is 17.5 Å². The quantitative estimate of drug-likeness (QED) is 0.436. The maximum absolute atomic E-state index is 12.4. The molecule has 30 heavy (non-hydrogen) atoms. The van der Waals surface area contributed by atoms with Crippen LogP contribution in [-0.4, -0.2) is 32.0 Å². The largest absolute Gasteiger partial charge is 0.351 e. The van der Waals surface area contributed by atoms with E-state index in [-0.39, 0.29) is 17.2 Å². The summed E-state index contributed by atoms with van der Waals surface area (Å²) in [7, 11) is 0. The average molecular weight is 463 g/mol. The van der Waals surface area contributed by atoms with Gasteiger partial charge in [0.2, 0.25) is 5.91 Å². The number of thioether (sulfide) groups is 1. The molecule has 1 aromatic heterocycles. The van der Waals surface area contributed by atoms with Crippen molar-refractivity contribution in [2.75, 3.05) is 5.75 Å². The van der Waals surface area contributed by atoms with E-state index in [4.69, 9.17) is 23.2 Å². The van der Waals surface area contributed by atoms with Gasteiger partial charge in [-0.15, -0.1) is 10.2 Å². The Hall–Kier alpha value is -2.02. The zero-order valence-corrected chi connectivity index (χ0v) is 19.5. The van der Waals surface area contributed by atoms with E-state index in [1.165, 1.54) is 11.8 Å². The third-order valence-corrected chi connectivity index (χ3v) is 6.28. The number of hydrogen-bond donors (Lipinski definition) is 1. The summed E-state index contributed by atoms with van der Waals surface area (Å²) in [6.07, 6.45) is 0.854. The van der Waals surface area contributed by atoms with Gasteiger partial charge in [0.25, 0.3) is 0 Å². The fourth-order valence-electron chi connectivity index (χ4n) is 2.81. The van der Waals surface area contributed by atoms with E-state index in [1.807, 2.05) is 61.7 Å². The molecule has 1 N–H and O–H groups in total. The van der Waals surface area contributed by atoms with E-state index in [1.54, 1.807) is 12.1 Å². The van der Waals surface area contributed by atoms with Gasteiger partial charge in [0.1, 0.15) is 0 Å². The Kier molecular flexibility index (Phi) is 7.45. The molecular formula is C22H24Cl2N4OS. The average Bonchev–Trinajstić information content (AvgIpc) is 3.09. The van der Waals surface area contributed by atoms with Crippen molar-refractivity contribution in [3.63, 3.8) is 0 Å². The first-order valence-corrected chi connectivity index (χ1v) is 11.4. The number of benzene rings is 2. The van der Waals surface area contributed by atoms with Gasteiger partial charge in [-0.05, 0) is 44.0 Å². The van der Waals surface area contributed by atoms with Crippen LogP contribution < -0.4 is 5.32 Å². The topological polar surface area (TPSA) is 59.8 Å². The van der Waals surface area contributed by atoms with Crippen molar-refractivity contribution < 1.29 is 4.79 Å². The van der Waals surface area contributed by atoms with Crippen LogP contribution >= 0.6 is 35.0 Å². The lowest BCUT2D eigenvalue weighted by molar-refractivity contribution is -0.120. The SMILES string of the molecule is CCC(C)(C)NC(=O)CSc1nnc(-c2ccc(Cl)cc2Cl)n1Cc1ccccc1. The summed E-state index contributed by atoms with van der Waals surface area (Å²) >= 11 is 13.8. The van der Waals surface area contributed by atoms with E-state index >= 15 is 0 Å². The highest BCUT2D eigenvalue weighted by molar-refractivity contribution is 7.99. The van der Waals surface area contributed by atoms with Crippen molar-refractivity contribution in [2.45, 2.75) is 44.4 Å². The van der Waals surface area contributed by atoms with Crippen molar-refractivity contribution in [1.82, 2.24) is 20.1 Å². The first kappa shape index (κ1) is 22.7. The first-order valence-electron chi connectivity index (χ1n) is 9.65. The molecular weight excluding hydrogens is 439 g/mol. The molecule has 0 spiro atoms. The monoisotopic (exact) mass is 462 g/mol. The molecule has 0 saturated heterocycles. The zero-order chi connectivity index (χ0) is 21.7. The van der Waals surface area contributed by atoms with E-state index in [9.17, 15) is 4.79 Å². The summed E-state index contributed by atoms with van der Waals surface area (Å²) < 4.78 is 1.98. The molecule has 0 bridgehead atoms. The number of amides is 1. The van der Waals surface area contributed by atoms with Crippen molar-refractivity contribution in [1.29, 1.82) is 0 Å². The Bertz CT molecular complexity index is 1020. The predicted molar refractivity (Wildman–Crippen MR) is 124 cm³/mol. The van der Waals surface area contributed by atoms with Gasteiger partial charge in [0.15, 0.2) is 11.0 Å². The Balaban J connectivity index is 1.89. The second-order valence-electron chi connectivity index (χ2n) is 7.58.